The quantitative estimate of drug-likeness (QED) is 0.637. The van der Waals surface area contributed by atoms with Gasteiger partial charge in [0.15, 0.2) is 0 Å². The van der Waals surface area contributed by atoms with Gasteiger partial charge in [-0.2, -0.15) is 0 Å². The van der Waals surface area contributed by atoms with Gasteiger partial charge in [-0.25, -0.2) is 0 Å². The van der Waals surface area contributed by atoms with Crippen molar-refractivity contribution >= 4 is 17.8 Å². The molecular formula is C22H23O2P. The minimum atomic E-state index is -2.68. The van der Waals surface area contributed by atoms with Gasteiger partial charge < -0.3 is 9.67 Å². The van der Waals surface area contributed by atoms with Gasteiger partial charge in [-0.3, -0.25) is 0 Å². The Kier molecular flexibility index (Phi) is 5.86. The Balaban J connectivity index is 1.77. The summed E-state index contributed by atoms with van der Waals surface area (Å²) in [5.74, 6) is 0. The molecule has 0 heterocycles. The van der Waals surface area contributed by atoms with Crippen molar-refractivity contribution in [1.29, 1.82) is 0 Å². The number of benzene rings is 3. The Morgan fingerprint density at radius 3 is 1.64 bits per heavy atom. The Morgan fingerprint density at radius 2 is 1.16 bits per heavy atom. The van der Waals surface area contributed by atoms with Crippen LogP contribution in [-0.2, 0) is 4.57 Å². The lowest BCUT2D eigenvalue weighted by Gasteiger charge is -2.20. The van der Waals surface area contributed by atoms with Crippen LogP contribution in [0.1, 0.15) is 24.5 Å². The van der Waals surface area contributed by atoms with E-state index in [9.17, 15) is 9.67 Å². The molecule has 25 heavy (non-hydrogen) atoms. The molecule has 0 saturated heterocycles. The summed E-state index contributed by atoms with van der Waals surface area (Å²) in [5.41, 5.74) is 0.914. The third-order valence-corrected chi connectivity index (χ3v) is 7.69. The van der Waals surface area contributed by atoms with E-state index in [0.29, 0.717) is 19.0 Å². The van der Waals surface area contributed by atoms with Gasteiger partial charge in [0.05, 0.1) is 6.10 Å². The highest BCUT2D eigenvalue weighted by Crippen LogP contribution is 2.44. The van der Waals surface area contributed by atoms with E-state index in [1.54, 1.807) is 0 Å². The summed E-state index contributed by atoms with van der Waals surface area (Å²) in [5, 5.41) is 12.1. The van der Waals surface area contributed by atoms with Gasteiger partial charge in [-0.05, 0) is 18.4 Å². The van der Waals surface area contributed by atoms with Gasteiger partial charge in [0.1, 0.15) is 7.14 Å². The van der Waals surface area contributed by atoms with E-state index >= 15 is 0 Å². The van der Waals surface area contributed by atoms with Crippen LogP contribution in [0.3, 0.4) is 0 Å². The maximum atomic E-state index is 13.9. The molecule has 3 heteroatoms. The minimum absolute atomic E-state index is 0.513. The van der Waals surface area contributed by atoms with Gasteiger partial charge in [0, 0.05) is 16.8 Å². The normalized spacial score (nSPS) is 12.7. The maximum absolute atomic E-state index is 13.9. The van der Waals surface area contributed by atoms with Crippen LogP contribution in [-0.4, -0.2) is 11.3 Å². The van der Waals surface area contributed by atoms with Gasteiger partial charge in [0.2, 0.25) is 0 Å². The lowest BCUT2D eigenvalue weighted by Crippen LogP contribution is -2.18. The van der Waals surface area contributed by atoms with E-state index in [0.717, 1.165) is 16.2 Å². The second-order valence-corrected chi connectivity index (χ2v) is 9.16. The molecule has 0 aromatic heterocycles. The molecule has 0 aliphatic rings. The molecule has 0 radical (unpaired) electrons. The summed E-state index contributed by atoms with van der Waals surface area (Å²) in [7, 11) is -2.68. The van der Waals surface area contributed by atoms with Crippen LogP contribution in [0, 0.1) is 0 Å². The Bertz CT molecular complexity index is 773. The average molecular weight is 350 g/mol. The number of rotatable bonds is 7. The van der Waals surface area contributed by atoms with Crippen LogP contribution in [0.15, 0.2) is 91.0 Å². The summed E-state index contributed by atoms with van der Waals surface area (Å²) in [6, 6.07) is 29.1. The number of aliphatic hydroxyl groups is 1. The van der Waals surface area contributed by atoms with Crippen molar-refractivity contribution in [2.45, 2.75) is 18.9 Å². The monoisotopic (exact) mass is 350 g/mol. The van der Waals surface area contributed by atoms with E-state index in [1.165, 1.54) is 0 Å². The number of hydrogen-bond donors (Lipinski definition) is 1. The molecule has 2 nitrogen and oxygen atoms in total. The molecule has 0 aliphatic heterocycles. The molecule has 3 rings (SSSR count). The minimum Gasteiger partial charge on any atom is -0.388 e. The van der Waals surface area contributed by atoms with E-state index in [4.69, 9.17) is 0 Å². The van der Waals surface area contributed by atoms with Gasteiger partial charge in [0.25, 0.3) is 0 Å². The highest BCUT2D eigenvalue weighted by Gasteiger charge is 2.26. The molecule has 0 saturated carbocycles. The highest BCUT2D eigenvalue weighted by atomic mass is 31.2. The van der Waals surface area contributed by atoms with E-state index in [2.05, 4.69) is 0 Å². The third-order valence-electron chi connectivity index (χ3n) is 4.48. The fraction of sp³-hybridized carbons (Fsp3) is 0.182. The predicted molar refractivity (Wildman–Crippen MR) is 105 cm³/mol. The Hall–Kier alpha value is -2.15. The van der Waals surface area contributed by atoms with Gasteiger partial charge >= 0.3 is 0 Å². The fourth-order valence-corrected chi connectivity index (χ4v) is 5.84. The molecule has 0 bridgehead atoms. The first-order valence-electron chi connectivity index (χ1n) is 8.63. The van der Waals surface area contributed by atoms with Crippen molar-refractivity contribution < 1.29 is 9.67 Å². The molecule has 0 fully saturated rings. The molecule has 1 atom stereocenters. The maximum Gasteiger partial charge on any atom is 0.143 e. The Labute approximate surface area is 149 Å². The topological polar surface area (TPSA) is 37.3 Å². The zero-order valence-electron chi connectivity index (χ0n) is 14.2. The van der Waals surface area contributed by atoms with Crippen molar-refractivity contribution in [2.75, 3.05) is 6.16 Å². The van der Waals surface area contributed by atoms with Crippen molar-refractivity contribution in [3.63, 3.8) is 0 Å². The molecule has 128 valence electrons. The van der Waals surface area contributed by atoms with E-state index in [1.807, 2.05) is 91.0 Å². The molecule has 3 aromatic rings. The van der Waals surface area contributed by atoms with Crippen LogP contribution in [0.5, 0.6) is 0 Å². The first-order valence-corrected chi connectivity index (χ1v) is 10.5. The van der Waals surface area contributed by atoms with Crippen LogP contribution in [0.25, 0.3) is 0 Å². The van der Waals surface area contributed by atoms with E-state index in [-0.39, 0.29) is 0 Å². The highest BCUT2D eigenvalue weighted by molar-refractivity contribution is 7.78. The van der Waals surface area contributed by atoms with Crippen molar-refractivity contribution in [3.05, 3.63) is 96.6 Å². The summed E-state index contributed by atoms with van der Waals surface area (Å²) < 4.78 is 13.9. The second kappa shape index (κ2) is 8.29. The Morgan fingerprint density at radius 1 is 0.720 bits per heavy atom. The molecule has 0 aliphatic carbocycles. The van der Waals surface area contributed by atoms with Crippen LogP contribution >= 0.6 is 7.14 Å². The van der Waals surface area contributed by atoms with Crippen LogP contribution < -0.4 is 10.6 Å². The second-order valence-electron chi connectivity index (χ2n) is 6.20. The molecule has 1 N–H and O–H groups in total. The molecule has 0 amide bonds. The average Bonchev–Trinajstić information content (AvgIpc) is 2.70. The molecule has 3 aromatic carbocycles. The van der Waals surface area contributed by atoms with Crippen molar-refractivity contribution in [1.82, 2.24) is 0 Å². The molecular weight excluding hydrogens is 327 g/mol. The predicted octanol–water partition coefficient (Wildman–Crippen LogP) is 4.51. The standard InChI is InChI=1S/C22H23O2P/c23-22(19-11-4-1-5-12-19)17-10-18-25(24,20-13-6-2-7-14-20)21-15-8-3-9-16-21/h1-9,11-16,22-23H,10,17-18H2. The number of hydrogen-bond acceptors (Lipinski definition) is 2. The number of aliphatic hydroxyl groups excluding tert-OH is 1. The van der Waals surface area contributed by atoms with Crippen LogP contribution in [0.2, 0.25) is 0 Å². The smallest absolute Gasteiger partial charge is 0.143 e. The summed E-state index contributed by atoms with van der Waals surface area (Å²) in [6.45, 7) is 0. The molecule has 1 unspecified atom stereocenters. The van der Waals surface area contributed by atoms with Gasteiger partial charge in [-0.1, -0.05) is 91.0 Å². The lowest BCUT2D eigenvalue weighted by molar-refractivity contribution is 0.166. The van der Waals surface area contributed by atoms with Gasteiger partial charge in [-0.15, -0.1) is 0 Å². The zero-order valence-corrected chi connectivity index (χ0v) is 15.1. The first-order chi connectivity index (χ1) is 12.2. The first kappa shape index (κ1) is 17.7. The zero-order chi connectivity index (χ0) is 17.5. The molecule has 0 spiro atoms. The van der Waals surface area contributed by atoms with Crippen molar-refractivity contribution in [3.8, 4) is 0 Å². The summed E-state index contributed by atoms with van der Waals surface area (Å²) in [4.78, 5) is 0. The summed E-state index contributed by atoms with van der Waals surface area (Å²) in [6.07, 6.45) is 1.36. The summed E-state index contributed by atoms with van der Waals surface area (Å²) >= 11 is 0. The third kappa shape index (κ3) is 4.28. The van der Waals surface area contributed by atoms with Crippen molar-refractivity contribution in [2.24, 2.45) is 0 Å². The lowest BCUT2D eigenvalue weighted by atomic mass is 10.1. The van der Waals surface area contributed by atoms with Crippen LogP contribution in [0.4, 0.5) is 0 Å². The fourth-order valence-electron chi connectivity index (χ4n) is 3.09. The van der Waals surface area contributed by atoms with E-state index < -0.39 is 13.2 Å². The SMILES string of the molecule is O=P(CCCC(O)c1ccccc1)(c1ccccc1)c1ccccc1. The largest absolute Gasteiger partial charge is 0.388 e.